The summed E-state index contributed by atoms with van der Waals surface area (Å²) in [5.41, 5.74) is 1.92. The molecule has 1 aromatic heterocycles. The molecule has 0 N–H and O–H groups in total. The van der Waals surface area contributed by atoms with Crippen LogP contribution in [0.1, 0.15) is 52.2 Å². The molecule has 5 nitrogen and oxygen atoms in total. The molecule has 5 atom stereocenters. The zero-order valence-electron chi connectivity index (χ0n) is 18.3. The molecule has 2 aromatic rings. The van der Waals surface area contributed by atoms with Crippen LogP contribution in [-0.4, -0.2) is 25.1 Å². The molecule has 1 aliphatic rings. The largest absolute Gasteiger partial charge is 0.480 e. The molecule has 5 heteroatoms. The molecule has 0 radical (unpaired) electrons. The fraction of sp³-hybridized carbons (Fsp3) is 0.542. The van der Waals surface area contributed by atoms with Gasteiger partial charge in [-0.3, -0.25) is 4.79 Å². The van der Waals surface area contributed by atoms with Crippen molar-refractivity contribution in [1.82, 2.24) is 4.73 Å². The van der Waals surface area contributed by atoms with Gasteiger partial charge in [-0.2, -0.15) is 4.73 Å². The summed E-state index contributed by atoms with van der Waals surface area (Å²) >= 11 is 0. The highest BCUT2D eigenvalue weighted by atomic mass is 16.7. The first-order chi connectivity index (χ1) is 13.9. The standard InChI is InChI=1S/C24H33NO4/c1-7-15(2)22-16(3)13-17(4)23(29-22)20-21(26)19(18-11-9-8-10-12-18)14-25(28-6)24(20)27-5/h8-12,14-17,22-23H,7,13H2,1-6H3/t15-,16-,17+,22-,23+/m0/s1. The molecule has 2 heterocycles. The van der Waals surface area contributed by atoms with Gasteiger partial charge in [0, 0.05) is 5.56 Å². The summed E-state index contributed by atoms with van der Waals surface area (Å²) in [4.78, 5) is 19.2. The van der Waals surface area contributed by atoms with E-state index in [0.717, 1.165) is 18.4 Å². The van der Waals surface area contributed by atoms with E-state index in [1.807, 2.05) is 30.3 Å². The van der Waals surface area contributed by atoms with Crippen LogP contribution in [0.2, 0.25) is 0 Å². The number of ether oxygens (including phenoxy) is 2. The predicted octanol–water partition coefficient (Wildman–Crippen LogP) is 4.73. The maximum absolute atomic E-state index is 13.7. The van der Waals surface area contributed by atoms with Gasteiger partial charge >= 0.3 is 0 Å². The third kappa shape index (κ3) is 4.06. The van der Waals surface area contributed by atoms with Crippen LogP contribution >= 0.6 is 0 Å². The summed E-state index contributed by atoms with van der Waals surface area (Å²) in [7, 11) is 3.14. The van der Waals surface area contributed by atoms with Gasteiger partial charge in [-0.15, -0.1) is 0 Å². The van der Waals surface area contributed by atoms with E-state index in [-0.39, 0.29) is 23.6 Å². The van der Waals surface area contributed by atoms with Crippen LogP contribution in [0.5, 0.6) is 5.88 Å². The van der Waals surface area contributed by atoms with Gasteiger partial charge in [0.2, 0.25) is 5.88 Å². The minimum Gasteiger partial charge on any atom is -0.480 e. The molecule has 3 rings (SSSR count). The van der Waals surface area contributed by atoms with Crippen molar-refractivity contribution in [2.75, 3.05) is 14.2 Å². The second kappa shape index (κ2) is 9.04. The lowest BCUT2D eigenvalue weighted by Crippen LogP contribution is -2.40. The van der Waals surface area contributed by atoms with Crippen molar-refractivity contribution in [2.24, 2.45) is 17.8 Å². The molecule has 1 saturated heterocycles. The maximum Gasteiger partial charge on any atom is 0.236 e. The number of hydrogen-bond acceptors (Lipinski definition) is 4. The number of methoxy groups -OCH3 is 1. The van der Waals surface area contributed by atoms with Gasteiger partial charge in [0.1, 0.15) is 7.11 Å². The summed E-state index contributed by atoms with van der Waals surface area (Å²) in [6, 6.07) is 9.66. The van der Waals surface area contributed by atoms with Crippen molar-refractivity contribution in [2.45, 2.75) is 52.7 Å². The normalized spacial score (nSPS) is 25.4. The Bertz CT molecular complexity index is 876. The Hall–Kier alpha value is -2.27. The molecule has 0 aliphatic carbocycles. The Kier molecular flexibility index (Phi) is 6.68. The zero-order chi connectivity index (χ0) is 21.1. The molecule has 0 saturated carbocycles. The summed E-state index contributed by atoms with van der Waals surface area (Å²) in [5, 5.41) is 0. The highest BCUT2D eigenvalue weighted by Crippen LogP contribution is 2.43. The van der Waals surface area contributed by atoms with Crippen LogP contribution in [0.15, 0.2) is 41.3 Å². The number of pyridine rings is 1. The van der Waals surface area contributed by atoms with E-state index < -0.39 is 0 Å². The molecule has 0 unspecified atom stereocenters. The summed E-state index contributed by atoms with van der Waals surface area (Å²) in [5.74, 6) is 1.48. The first kappa shape index (κ1) is 21.4. The Morgan fingerprint density at radius 1 is 1.17 bits per heavy atom. The molecule has 29 heavy (non-hydrogen) atoms. The van der Waals surface area contributed by atoms with Crippen LogP contribution in [0.3, 0.4) is 0 Å². The van der Waals surface area contributed by atoms with Crippen LogP contribution < -0.4 is 15.0 Å². The summed E-state index contributed by atoms with van der Waals surface area (Å²) in [6.45, 7) is 8.80. The fourth-order valence-electron chi connectivity index (χ4n) is 4.57. The molecule has 1 fully saturated rings. The lowest BCUT2D eigenvalue weighted by Gasteiger charge is -2.42. The molecule has 1 aliphatic heterocycles. The van der Waals surface area contributed by atoms with E-state index in [1.165, 1.54) is 4.73 Å². The number of benzene rings is 1. The lowest BCUT2D eigenvalue weighted by molar-refractivity contribution is -0.132. The van der Waals surface area contributed by atoms with E-state index in [9.17, 15) is 4.79 Å². The van der Waals surface area contributed by atoms with E-state index in [2.05, 4.69) is 27.7 Å². The first-order valence-electron chi connectivity index (χ1n) is 10.5. The van der Waals surface area contributed by atoms with Crippen molar-refractivity contribution in [3.8, 4) is 17.0 Å². The van der Waals surface area contributed by atoms with Crippen LogP contribution in [0.4, 0.5) is 0 Å². The predicted molar refractivity (Wildman–Crippen MR) is 115 cm³/mol. The smallest absolute Gasteiger partial charge is 0.236 e. The van der Waals surface area contributed by atoms with Crippen molar-refractivity contribution < 1.29 is 14.3 Å². The van der Waals surface area contributed by atoms with Crippen molar-refractivity contribution >= 4 is 0 Å². The third-order valence-corrected chi connectivity index (χ3v) is 6.26. The molecular formula is C24H33NO4. The van der Waals surface area contributed by atoms with Gasteiger partial charge in [0.15, 0.2) is 5.43 Å². The molecule has 158 valence electrons. The highest BCUT2D eigenvalue weighted by molar-refractivity contribution is 5.64. The van der Waals surface area contributed by atoms with E-state index >= 15 is 0 Å². The number of nitrogens with zero attached hydrogens (tertiary/aromatic N) is 1. The first-order valence-corrected chi connectivity index (χ1v) is 10.5. The second-order valence-corrected chi connectivity index (χ2v) is 8.27. The van der Waals surface area contributed by atoms with E-state index in [0.29, 0.717) is 28.8 Å². The van der Waals surface area contributed by atoms with Gasteiger partial charge in [0.05, 0.1) is 31.1 Å². The quantitative estimate of drug-likeness (QED) is 0.705. The average molecular weight is 400 g/mol. The SMILES string of the molecule is CC[C@H](C)[C@@H]1O[C@@H](c2c(OC)n(OC)cc(-c3ccccc3)c2=O)[C@H](C)C[C@@H]1C. The Morgan fingerprint density at radius 2 is 1.86 bits per heavy atom. The third-order valence-electron chi connectivity index (χ3n) is 6.26. The topological polar surface area (TPSA) is 49.7 Å². The van der Waals surface area contributed by atoms with Crippen molar-refractivity contribution in [1.29, 1.82) is 0 Å². The molecule has 0 amide bonds. The van der Waals surface area contributed by atoms with Crippen LogP contribution in [0.25, 0.3) is 11.1 Å². The van der Waals surface area contributed by atoms with E-state index in [1.54, 1.807) is 20.4 Å². The number of hydrogen-bond donors (Lipinski definition) is 0. The molecule has 1 aromatic carbocycles. The van der Waals surface area contributed by atoms with Gasteiger partial charge in [-0.25, -0.2) is 0 Å². The van der Waals surface area contributed by atoms with Gasteiger partial charge in [0.25, 0.3) is 0 Å². The van der Waals surface area contributed by atoms with Crippen LogP contribution in [0, 0.1) is 17.8 Å². The zero-order valence-corrected chi connectivity index (χ0v) is 18.3. The second-order valence-electron chi connectivity index (χ2n) is 8.27. The van der Waals surface area contributed by atoms with Crippen molar-refractivity contribution in [3.05, 3.63) is 52.3 Å². The minimum absolute atomic E-state index is 0.0596. The Labute approximate surface area is 173 Å². The number of rotatable bonds is 6. The van der Waals surface area contributed by atoms with Crippen molar-refractivity contribution in [3.63, 3.8) is 0 Å². The van der Waals surface area contributed by atoms with Gasteiger partial charge in [-0.05, 0) is 29.7 Å². The summed E-state index contributed by atoms with van der Waals surface area (Å²) < 4.78 is 13.8. The molecular weight excluding hydrogens is 366 g/mol. The highest BCUT2D eigenvalue weighted by Gasteiger charge is 2.40. The molecule has 0 bridgehead atoms. The lowest BCUT2D eigenvalue weighted by atomic mass is 9.79. The molecule has 0 spiro atoms. The van der Waals surface area contributed by atoms with E-state index in [4.69, 9.17) is 14.3 Å². The Morgan fingerprint density at radius 3 is 2.45 bits per heavy atom. The summed E-state index contributed by atoms with van der Waals surface area (Å²) in [6.07, 6.45) is 3.52. The maximum atomic E-state index is 13.7. The fourth-order valence-corrected chi connectivity index (χ4v) is 4.57. The monoisotopic (exact) mass is 399 g/mol. The van der Waals surface area contributed by atoms with Gasteiger partial charge in [-0.1, -0.05) is 64.4 Å². The van der Waals surface area contributed by atoms with Crippen LogP contribution in [-0.2, 0) is 4.74 Å². The minimum atomic E-state index is -0.335. The number of aromatic nitrogens is 1. The Balaban J connectivity index is 2.17. The van der Waals surface area contributed by atoms with Gasteiger partial charge < -0.3 is 14.3 Å². The average Bonchev–Trinajstić information content (AvgIpc) is 2.74.